The molecule has 4 N–H and O–H groups in total. The van der Waals surface area contributed by atoms with E-state index in [9.17, 15) is 20.0 Å². The maximum Gasteiger partial charge on any atom is 0.274 e. The number of hydrazone groups is 1. The van der Waals surface area contributed by atoms with Crippen LogP contribution in [0.25, 0.3) is 0 Å². The van der Waals surface area contributed by atoms with Crippen LogP contribution < -0.4 is 15.6 Å². The Kier molecular flexibility index (Phi) is 5.57. The molecule has 10 nitrogen and oxygen atoms in total. The molecule has 0 aliphatic carbocycles. The van der Waals surface area contributed by atoms with Gasteiger partial charge < -0.3 is 15.1 Å². The first-order valence-corrected chi connectivity index (χ1v) is 5.68. The number of nitro groups is 1. The molecule has 0 radical (unpaired) electrons. The van der Waals surface area contributed by atoms with Crippen LogP contribution in [0.5, 0.6) is 11.5 Å². The molecule has 1 aromatic rings. The van der Waals surface area contributed by atoms with Crippen molar-refractivity contribution in [3.63, 3.8) is 0 Å². The van der Waals surface area contributed by atoms with Gasteiger partial charge in [0.25, 0.3) is 11.6 Å². The summed E-state index contributed by atoms with van der Waals surface area (Å²) < 4.78 is 4.81. The van der Waals surface area contributed by atoms with Crippen molar-refractivity contribution in [3.8, 4) is 11.5 Å². The fraction of sp³-hybridized carbons (Fsp3) is 0.273. The predicted molar refractivity (Wildman–Crippen MR) is 71.4 cm³/mol. The van der Waals surface area contributed by atoms with Gasteiger partial charge in [-0.1, -0.05) is 0 Å². The number of nitrogens with zero attached hydrogens (tertiary/aromatic N) is 2. The van der Waals surface area contributed by atoms with Crippen LogP contribution in [0.1, 0.15) is 12.5 Å². The molecule has 0 fully saturated rings. The lowest BCUT2D eigenvalue weighted by Crippen LogP contribution is -2.38. The number of amides is 1. The van der Waals surface area contributed by atoms with Gasteiger partial charge in [0, 0.05) is 11.6 Å². The van der Waals surface area contributed by atoms with Gasteiger partial charge in [0.1, 0.15) is 6.04 Å². The average molecular weight is 298 g/mol. The van der Waals surface area contributed by atoms with Gasteiger partial charge in [-0.25, -0.2) is 5.43 Å². The van der Waals surface area contributed by atoms with Crippen molar-refractivity contribution in [1.29, 1.82) is 0 Å². The minimum Gasteiger partial charge on any atom is -0.504 e. The number of aromatic hydroxyl groups is 1. The van der Waals surface area contributed by atoms with Crippen molar-refractivity contribution < 1.29 is 24.8 Å². The summed E-state index contributed by atoms with van der Waals surface area (Å²) >= 11 is 0. The highest BCUT2D eigenvalue weighted by molar-refractivity contribution is 5.88. The summed E-state index contributed by atoms with van der Waals surface area (Å²) in [5, 5.41) is 32.6. The molecule has 0 saturated carbocycles. The third-order valence-electron chi connectivity index (χ3n) is 2.49. The fourth-order valence-electron chi connectivity index (χ4n) is 1.29. The van der Waals surface area contributed by atoms with Crippen molar-refractivity contribution in [1.82, 2.24) is 10.9 Å². The topological polar surface area (TPSA) is 146 Å². The molecule has 0 aromatic heterocycles. The van der Waals surface area contributed by atoms with Gasteiger partial charge >= 0.3 is 0 Å². The van der Waals surface area contributed by atoms with Gasteiger partial charge in [-0.3, -0.25) is 14.9 Å². The standard InChI is InChI=1S/C11H14N4O6/c1-6(14-18)11(17)13-12-5-7-3-8(15(19)20)4-9(21-2)10(7)16/h3-6,14,16,18H,1-2H3,(H,13,17). The van der Waals surface area contributed by atoms with E-state index in [4.69, 9.17) is 9.94 Å². The summed E-state index contributed by atoms with van der Waals surface area (Å²) in [7, 11) is 1.25. The van der Waals surface area contributed by atoms with E-state index < -0.39 is 16.9 Å². The van der Waals surface area contributed by atoms with Crippen molar-refractivity contribution in [2.75, 3.05) is 7.11 Å². The highest BCUT2D eigenvalue weighted by atomic mass is 16.6. The van der Waals surface area contributed by atoms with Crippen molar-refractivity contribution in [2.45, 2.75) is 13.0 Å². The van der Waals surface area contributed by atoms with Gasteiger partial charge in [-0.05, 0) is 6.92 Å². The number of hydrogen-bond donors (Lipinski definition) is 4. The van der Waals surface area contributed by atoms with Gasteiger partial charge in [0.2, 0.25) is 0 Å². The molecule has 0 aliphatic heterocycles. The molecular formula is C11H14N4O6. The quantitative estimate of drug-likeness (QED) is 0.331. The van der Waals surface area contributed by atoms with E-state index in [1.54, 1.807) is 5.48 Å². The fourth-order valence-corrected chi connectivity index (χ4v) is 1.29. The Hall–Kier alpha value is -2.72. The number of carbonyl (C=O) groups is 1. The summed E-state index contributed by atoms with van der Waals surface area (Å²) in [4.78, 5) is 21.4. The van der Waals surface area contributed by atoms with Crippen molar-refractivity contribution >= 4 is 17.8 Å². The number of phenolic OH excluding ortho intramolecular Hbond substituents is 1. The minimum atomic E-state index is -0.893. The number of hydroxylamine groups is 1. The minimum absolute atomic E-state index is 0.00837. The molecule has 21 heavy (non-hydrogen) atoms. The second-order valence-corrected chi connectivity index (χ2v) is 3.93. The Balaban J connectivity index is 2.99. The van der Waals surface area contributed by atoms with Crippen LogP contribution in [0.4, 0.5) is 5.69 Å². The molecule has 0 heterocycles. The van der Waals surface area contributed by atoms with E-state index in [0.717, 1.165) is 18.3 Å². The predicted octanol–water partition coefficient (Wildman–Crippen LogP) is 0.126. The number of hydrogen-bond acceptors (Lipinski definition) is 8. The Morgan fingerprint density at radius 3 is 2.76 bits per heavy atom. The van der Waals surface area contributed by atoms with E-state index in [1.165, 1.54) is 14.0 Å². The molecule has 1 rings (SSSR count). The maximum absolute atomic E-state index is 11.3. The molecule has 114 valence electrons. The number of phenols is 1. The second kappa shape index (κ2) is 7.17. The van der Waals surface area contributed by atoms with Crippen molar-refractivity contribution in [3.05, 3.63) is 27.8 Å². The third kappa shape index (κ3) is 4.12. The zero-order valence-corrected chi connectivity index (χ0v) is 11.2. The van der Waals surface area contributed by atoms with Crippen LogP contribution in [0.2, 0.25) is 0 Å². The Morgan fingerprint density at radius 1 is 1.57 bits per heavy atom. The first-order valence-electron chi connectivity index (χ1n) is 5.68. The molecule has 0 bridgehead atoms. The lowest BCUT2D eigenvalue weighted by Gasteiger charge is -2.07. The smallest absolute Gasteiger partial charge is 0.274 e. The normalized spacial score (nSPS) is 12.1. The van der Waals surface area contributed by atoms with Gasteiger partial charge in [-0.15, -0.1) is 0 Å². The zero-order valence-electron chi connectivity index (χ0n) is 11.2. The Morgan fingerprint density at radius 2 is 2.24 bits per heavy atom. The average Bonchev–Trinajstić information content (AvgIpc) is 2.47. The van der Waals surface area contributed by atoms with Crippen LogP contribution in [0, 0.1) is 10.1 Å². The number of benzene rings is 1. The largest absolute Gasteiger partial charge is 0.504 e. The van der Waals surface area contributed by atoms with Crippen LogP contribution >= 0.6 is 0 Å². The van der Waals surface area contributed by atoms with Gasteiger partial charge in [-0.2, -0.15) is 10.6 Å². The van der Waals surface area contributed by atoms with E-state index in [2.05, 4.69) is 10.5 Å². The van der Waals surface area contributed by atoms with Crippen LogP contribution in [0.3, 0.4) is 0 Å². The van der Waals surface area contributed by atoms with Crippen LogP contribution in [-0.4, -0.2) is 40.5 Å². The van der Waals surface area contributed by atoms with E-state index in [1.807, 2.05) is 0 Å². The summed E-state index contributed by atoms with van der Waals surface area (Å²) in [6.07, 6.45) is 1.02. The van der Waals surface area contributed by atoms with Crippen LogP contribution in [0.15, 0.2) is 17.2 Å². The van der Waals surface area contributed by atoms with Crippen LogP contribution in [-0.2, 0) is 4.79 Å². The number of methoxy groups -OCH3 is 1. The van der Waals surface area contributed by atoms with E-state index in [0.29, 0.717) is 0 Å². The molecular weight excluding hydrogens is 284 g/mol. The molecule has 0 saturated heterocycles. The highest BCUT2D eigenvalue weighted by Crippen LogP contribution is 2.33. The summed E-state index contributed by atoms with van der Waals surface area (Å²) in [5.74, 6) is -1.08. The molecule has 1 amide bonds. The number of nitro benzene ring substituents is 1. The molecule has 1 unspecified atom stereocenters. The lowest BCUT2D eigenvalue weighted by atomic mass is 10.2. The second-order valence-electron chi connectivity index (χ2n) is 3.93. The van der Waals surface area contributed by atoms with Gasteiger partial charge in [0.15, 0.2) is 11.5 Å². The first kappa shape index (κ1) is 16.3. The first-order chi connectivity index (χ1) is 9.90. The third-order valence-corrected chi connectivity index (χ3v) is 2.49. The molecule has 0 aliphatic rings. The molecule has 10 heteroatoms. The summed E-state index contributed by atoms with van der Waals surface area (Å²) in [5.41, 5.74) is 3.49. The highest BCUT2D eigenvalue weighted by Gasteiger charge is 2.16. The summed E-state index contributed by atoms with van der Waals surface area (Å²) in [6.45, 7) is 1.39. The monoisotopic (exact) mass is 298 g/mol. The SMILES string of the molecule is COc1cc([N+](=O)[O-])cc(C=NNC(=O)C(C)NO)c1O. The number of rotatable bonds is 6. The molecule has 1 aromatic carbocycles. The number of carbonyl (C=O) groups excluding carboxylic acids is 1. The molecule has 0 spiro atoms. The zero-order chi connectivity index (χ0) is 16.0. The maximum atomic E-state index is 11.3. The van der Waals surface area contributed by atoms with E-state index in [-0.39, 0.29) is 22.7 Å². The number of non-ortho nitro benzene ring substituents is 1. The van der Waals surface area contributed by atoms with E-state index >= 15 is 0 Å². The number of nitrogens with one attached hydrogen (secondary N) is 2. The molecule has 1 atom stereocenters. The van der Waals surface area contributed by atoms with Gasteiger partial charge in [0.05, 0.1) is 24.3 Å². The Bertz CT molecular complexity index is 574. The lowest BCUT2D eigenvalue weighted by molar-refractivity contribution is -0.385. The Labute approximate surface area is 119 Å². The summed E-state index contributed by atoms with van der Waals surface area (Å²) in [6, 6.07) is 1.24. The number of ether oxygens (including phenoxy) is 1. The van der Waals surface area contributed by atoms with Crippen molar-refractivity contribution in [2.24, 2.45) is 5.10 Å².